The summed E-state index contributed by atoms with van der Waals surface area (Å²) in [5.41, 5.74) is 5.64. The first kappa shape index (κ1) is 19.5. The molecular formula is C21H29NO3. The summed E-state index contributed by atoms with van der Waals surface area (Å²) in [6.07, 6.45) is 6.40. The number of nitrogens with one attached hydrogen (secondary N) is 1. The molecule has 1 N–H and O–H groups in total. The van der Waals surface area contributed by atoms with E-state index in [0.717, 1.165) is 24.8 Å². The maximum absolute atomic E-state index is 12.4. The number of carbonyl (C=O) groups is 2. The summed E-state index contributed by atoms with van der Waals surface area (Å²) in [4.78, 5) is 29.8. The van der Waals surface area contributed by atoms with Gasteiger partial charge in [0.1, 0.15) is 0 Å². The van der Waals surface area contributed by atoms with Crippen LogP contribution in [0.15, 0.2) is 35.9 Å². The molecule has 4 heteroatoms. The average Bonchev–Trinajstić information content (AvgIpc) is 2.60. The highest BCUT2D eigenvalue weighted by atomic mass is 16.6. The van der Waals surface area contributed by atoms with E-state index < -0.39 is 0 Å². The van der Waals surface area contributed by atoms with Gasteiger partial charge in [0.05, 0.1) is 12.2 Å². The molecule has 1 aliphatic rings. The number of hydroxylamine groups is 1. The number of hydrogen-bond donors (Lipinski definition) is 1. The zero-order valence-electron chi connectivity index (χ0n) is 15.3. The molecule has 0 aliphatic heterocycles. The third-order valence-corrected chi connectivity index (χ3v) is 4.53. The van der Waals surface area contributed by atoms with E-state index in [2.05, 4.69) is 36.7 Å². The van der Waals surface area contributed by atoms with E-state index in [1.807, 2.05) is 6.92 Å². The molecule has 136 valence electrons. The van der Waals surface area contributed by atoms with Gasteiger partial charge >= 0.3 is 0 Å². The highest BCUT2D eigenvalue weighted by Crippen LogP contribution is 2.32. The van der Waals surface area contributed by atoms with Crippen LogP contribution < -0.4 is 5.48 Å². The number of rotatable bonds is 9. The predicted molar refractivity (Wildman–Crippen MR) is 99.4 cm³/mol. The molecule has 0 spiro atoms. The van der Waals surface area contributed by atoms with Crippen molar-refractivity contribution < 1.29 is 14.4 Å². The Morgan fingerprint density at radius 1 is 1.12 bits per heavy atom. The van der Waals surface area contributed by atoms with Crippen LogP contribution in [0.5, 0.6) is 0 Å². The van der Waals surface area contributed by atoms with Gasteiger partial charge in [0.25, 0.3) is 0 Å². The molecule has 1 aromatic rings. The van der Waals surface area contributed by atoms with Crippen LogP contribution in [-0.2, 0) is 20.8 Å². The van der Waals surface area contributed by atoms with Crippen LogP contribution in [0.3, 0.4) is 0 Å². The summed E-state index contributed by atoms with van der Waals surface area (Å²) in [7, 11) is 0. The molecule has 0 bridgehead atoms. The first-order chi connectivity index (χ1) is 12.2. The fraction of sp³-hybridized carbons (Fsp3) is 0.524. The topological polar surface area (TPSA) is 55.4 Å². The van der Waals surface area contributed by atoms with Crippen LogP contribution in [0, 0.1) is 0 Å². The van der Waals surface area contributed by atoms with E-state index in [0.29, 0.717) is 38.0 Å². The number of aryl methyl sites for hydroxylation is 1. The van der Waals surface area contributed by atoms with Gasteiger partial charge in [-0.15, -0.1) is 0 Å². The molecule has 0 heterocycles. The molecule has 0 unspecified atom stereocenters. The lowest BCUT2D eigenvalue weighted by molar-refractivity contribution is -0.124. The van der Waals surface area contributed by atoms with Gasteiger partial charge < -0.3 is 4.84 Å². The van der Waals surface area contributed by atoms with Crippen LogP contribution in [0.1, 0.15) is 63.0 Å². The van der Waals surface area contributed by atoms with Crippen molar-refractivity contribution in [1.29, 1.82) is 0 Å². The van der Waals surface area contributed by atoms with Crippen molar-refractivity contribution in [2.75, 3.05) is 13.2 Å². The molecule has 0 radical (unpaired) electrons. The molecule has 1 saturated carbocycles. The van der Waals surface area contributed by atoms with E-state index in [1.54, 1.807) is 6.08 Å². The smallest absolute Gasteiger partial charge is 0.166 e. The van der Waals surface area contributed by atoms with Gasteiger partial charge in [0, 0.05) is 19.4 Å². The monoisotopic (exact) mass is 343 g/mol. The lowest BCUT2D eigenvalue weighted by Gasteiger charge is -2.22. The number of Topliss-reactive ketones (excluding diaryl/α,β-unsaturated/α-hetero) is 2. The van der Waals surface area contributed by atoms with Crippen LogP contribution >= 0.6 is 0 Å². The van der Waals surface area contributed by atoms with Gasteiger partial charge in [0.15, 0.2) is 11.6 Å². The summed E-state index contributed by atoms with van der Waals surface area (Å²) in [5.74, 6) is -0.0132. The molecular weight excluding hydrogens is 314 g/mol. The van der Waals surface area contributed by atoms with Crippen molar-refractivity contribution in [3.8, 4) is 0 Å². The summed E-state index contributed by atoms with van der Waals surface area (Å²) in [5, 5.41) is 0. The first-order valence-electron chi connectivity index (χ1n) is 9.35. The number of allylic oxidation sites excluding steroid dienone is 2. The van der Waals surface area contributed by atoms with E-state index in [4.69, 9.17) is 4.84 Å². The van der Waals surface area contributed by atoms with Gasteiger partial charge in [0.2, 0.25) is 0 Å². The summed E-state index contributed by atoms with van der Waals surface area (Å²) < 4.78 is 0. The summed E-state index contributed by atoms with van der Waals surface area (Å²) in [6, 6.07) is 8.38. The highest BCUT2D eigenvalue weighted by Gasteiger charge is 2.30. The van der Waals surface area contributed by atoms with Crippen LogP contribution in [0.2, 0.25) is 0 Å². The lowest BCUT2D eigenvalue weighted by Crippen LogP contribution is -2.25. The molecule has 25 heavy (non-hydrogen) atoms. The number of benzene rings is 1. The SMILES string of the molecule is CCCc1ccc(C2CC(=O)C(=CCCCNOCC)C(=O)C2)cc1. The number of carbonyl (C=O) groups excluding carboxylic acids is 2. The molecule has 0 saturated heterocycles. The second kappa shape index (κ2) is 10.3. The predicted octanol–water partition coefficient (Wildman–Crippen LogP) is 3.90. The Morgan fingerprint density at radius 2 is 1.80 bits per heavy atom. The third kappa shape index (κ3) is 5.91. The Balaban J connectivity index is 1.90. The molecule has 1 aliphatic carbocycles. The molecule has 2 rings (SSSR count). The highest BCUT2D eigenvalue weighted by molar-refractivity contribution is 6.22. The zero-order valence-corrected chi connectivity index (χ0v) is 15.3. The van der Waals surface area contributed by atoms with E-state index in [1.165, 1.54) is 5.56 Å². The van der Waals surface area contributed by atoms with Gasteiger partial charge in [-0.3, -0.25) is 9.59 Å². The van der Waals surface area contributed by atoms with Crippen molar-refractivity contribution in [3.05, 3.63) is 47.0 Å². The van der Waals surface area contributed by atoms with Crippen LogP contribution in [0.25, 0.3) is 0 Å². The minimum absolute atomic E-state index is 0.0170. The number of unbranched alkanes of at least 4 members (excludes halogenated alkanes) is 1. The summed E-state index contributed by atoms with van der Waals surface area (Å²) >= 11 is 0. The zero-order chi connectivity index (χ0) is 18.1. The fourth-order valence-electron chi connectivity index (χ4n) is 3.20. The van der Waals surface area contributed by atoms with Crippen molar-refractivity contribution in [1.82, 2.24) is 5.48 Å². The van der Waals surface area contributed by atoms with Gasteiger partial charge in [-0.1, -0.05) is 43.7 Å². The molecule has 0 amide bonds. The standard InChI is InChI=1S/C21H29NO3/c1-3-7-16-9-11-17(12-10-16)18-14-20(23)19(21(24)15-18)8-5-6-13-22-25-4-2/h8-12,18,22H,3-7,13-15H2,1-2H3. The van der Waals surface area contributed by atoms with Crippen molar-refractivity contribution in [3.63, 3.8) is 0 Å². The third-order valence-electron chi connectivity index (χ3n) is 4.53. The van der Waals surface area contributed by atoms with Crippen molar-refractivity contribution in [2.45, 2.75) is 58.3 Å². The number of hydrogen-bond acceptors (Lipinski definition) is 4. The van der Waals surface area contributed by atoms with Gasteiger partial charge in [-0.2, -0.15) is 0 Å². The molecule has 4 nitrogen and oxygen atoms in total. The fourth-order valence-corrected chi connectivity index (χ4v) is 3.20. The normalized spacial score (nSPS) is 17.8. The Bertz CT molecular complexity index is 584. The molecule has 0 atom stereocenters. The van der Waals surface area contributed by atoms with Crippen LogP contribution in [-0.4, -0.2) is 24.7 Å². The molecule has 1 fully saturated rings. The maximum Gasteiger partial charge on any atom is 0.166 e. The van der Waals surface area contributed by atoms with Gasteiger partial charge in [-0.25, -0.2) is 5.48 Å². The van der Waals surface area contributed by atoms with Crippen LogP contribution in [0.4, 0.5) is 0 Å². The largest absolute Gasteiger partial charge is 0.302 e. The van der Waals surface area contributed by atoms with Crippen molar-refractivity contribution in [2.24, 2.45) is 0 Å². The Kier molecular flexibility index (Phi) is 8.02. The van der Waals surface area contributed by atoms with E-state index >= 15 is 0 Å². The Hall–Kier alpha value is -1.78. The maximum atomic E-state index is 12.4. The minimum atomic E-state index is -0.0170. The first-order valence-corrected chi connectivity index (χ1v) is 9.35. The minimum Gasteiger partial charge on any atom is -0.302 e. The van der Waals surface area contributed by atoms with Gasteiger partial charge in [-0.05, 0) is 43.2 Å². The second-order valence-electron chi connectivity index (χ2n) is 6.53. The quantitative estimate of drug-likeness (QED) is 0.320. The summed E-state index contributed by atoms with van der Waals surface area (Å²) in [6.45, 7) is 5.42. The lowest BCUT2D eigenvalue weighted by atomic mass is 9.79. The molecule has 0 aromatic heterocycles. The Morgan fingerprint density at radius 3 is 2.40 bits per heavy atom. The molecule has 1 aromatic carbocycles. The Labute approximate surface area is 150 Å². The second-order valence-corrected chi connectivity index (χ2v) is 6.53. The average molecular weight is 343 g/mol. The van der Waals surface area contributed by atoms with Crippen molar-refractivity contribution >= 4 is 11.6 Å². The van der Waals surface area contributed by atoms with E-state index in [-0.39, 0.29) is 17.5 Å². The number of ketones is 2. The van der Waals surface area contributed by atoms with E-state index in [9.17, 15) is 9.59 Å².